The van der Waals surface area contributed by atoms with Crippen LogP contribution in [0.3, 0.4) is 0 Å². The zero-order chi connectivity index (χ0) is 9.80. The van der Waals surface area contributed by atoms with Gasteiger partial charge in [-0.2, -0.15) is 0 Å². The van der Waals surface area contributed by atoms with Gasteiger partial charge in [0.1, 0.15) is 11.5 Å². The van der Waals surface area contributed by atoms with Crippen molar-refractivity contribution < 1.29 is 9.15 Å². The maximum Gasteiger partial charge on any atom is 0.290 e. The minimum Gasteiger partial charge on any atom is -0.429 e. The first-order valence-electron chi connectivity index (χ1n) is 4.25. The highest BCUT2D eigenvalue weighted by Gasteiger charge is 2.02. The van der Waals surface area contributed by atoms with Crippen molar-refractivity contribution in [3.63, 3.8) is 0 Å². The molecule has 0 aromatic carbocycles. The number of aromatic nitrogens is 1. The Bertz CT molecular complexity index is 398. The minimum absolute atomic E-state index is 0.371. The lowest BCUT2D eigenvalue weighted by atomic mass is 10.4. The van der Waals surface area contributed by atoms with Crippen LogP contribution in [-0.4, -0.2) is 4.98 Å². The first-order valence-corrected chi connectivity index (χ1v) is 4.25. The van der Waals surface area contributed by atoms with Gasteiger partial charge in [-0.05, 0) is 18.2 Å². The van der Waals surface area contributed by atoms with Crippen molar-refractivity contribution in [3.05, 3.63) is 42.4 Å². The maximum atomic E-state index is 5.39. The van der Waals surface area contributed by atoms with Gasteiger partial charge in [-0.25, -0.2) is 0 Å². The van der Waals surface area contributed by atoms with Gasteiger partial charge in [0.25, 0.3) is 5.95 Å². The molecule has 0 atom stereocenters. The van der Waals surface area contributed by atoms with Gasteiger partial charge in [-0.1, -0.05) is 0 Å². The Labute approximate surface area is 81.3 Å². The van der Waals surface area contributed by atoms with E-state index in [1.54, 1.807) is 36.7 Å². The average molecular weight is 190 g/mol. The van der Waals surface area contributed by atoms with Crippen LogP contribution < -0.4 is 10.5 Å². The molecular weight excluding hydrogens is 180 g/mol. The summed E-state index contributed by atoms with van der Waals surface area (Å²) < 4.78 is 10.6. The zero-order valence-electron chi connectivity index (χ0n) is 7.51. The second-order valence-electron chi connectivity index (χ2n) is 2.72. The standard InChI is InChI=1S/C10H10N2O2/c11-6-8-3-4-10(13-8)14-9-2-1-5-12-7-9/h1-5,7H,6,11H2. The molecule has 2 aromatic heterocycles. The Morgan fingerprint density at radius 2 is 2.29 bits per heavy atom. The molecule has 0 aliphatic heterocycles. The van der Waals surface area contributed by atoms with Gasteiger partial charge in [0.15, 0.2) is 0 Å². The third kappa shape index (κ3) is 1.92. The summed E-state index contributed by atoms with van der Waals surface area (Å²) in [5.74, 6) is 1.77. The predicted octanol–water partition coefficient (Wildman–Crippen LogP) is 1.93. The summed E-state index contributed by atoms with van der Waals surface area (Å²) in [6, 6.07) is 7.11. The largest absolute Gasteiger partial charge is 0.429 e. The molecule has 14 heavy (non-hydrogen) atoms. The van der Waals surface area contributed by atoms with Crippen LogP contribution >= 0.6 is 0 Å². The van der Waals surface area contributed by atoms with E-state index >= 15 is 0 Å². The second kappa shape index (κ2) is 3.93. The average Bonchev–Trinajstić information content (AvgIpc) is 2.67. The normalized spacial score (nSPS) is 10.1. The second-order valence-corrected chi connectivity index (χ2v) is 2.72. The molecule has 0 saturated carbocycles. The molecule has 0 radical (unpaired) electrons. The van der Waals surface area contributed by atoms with E-state index in [0.717, 1.165) is 0 Å². The summed E-state index contributed by atoms with van der Waals surface area (Å²) in [6.45, 7) is 0.371. The van der Waals surface area contributed by atoms with E-state index in [9.17, 15) is 0 Å². The molecular formula is C10H10N2O2. The number of ether oxygens (including phenoxy) is 1. The SMILES string of the molecule is NCc1ccc(Oc2cccnc2)o1. The van der Waals surface area contributed by atoms with Crippen molar-refractivity contribution in [2.24, 2.45) is 5.73 Å². The van der Waals surface area contributed by atoms with E-state index in [-0.39, 0.29) is 0 Å². The fourth-order valence-electron chi connectivity index (χ4n) is 1.05. The van der Waals surface area contributed by atoms with Gasteiger partial charge in [0.05, 0.1) is 12.7 Å². The molecule has 72 valence electrons. The number of nitrogens with zero attached hydrogens (tertiary/aromatic N) is 1. The third-order valence-electron chi connectivity index (χ3n) is 1.69. The van der Waals surface area contributed by atoms with Gasteiger partial charge in [0.2, 0.25) is 0 Å². The first-order chi connectivity index (χ1) is 6.88. The van der Waals surface area contributed by atoms with E-state index in [1.807, 2.05) is 0 Å². The molecule has 2 heterocycles. The van der Waals surface area contributed by atoms with E-state index < -0.39 is 0 Å². The lowest BCUT2D eigenvalue weighted by Gasteiger charge is -1.99. The third-order valence-corrected chi connectivity index (χ3v) is 1.69. The zero-order valence-corrected chi connectivity index (χ0v) is 7.51. The van der Waals surface area contributed by atoms with Crippen molar-refractivity contribution >= 4 is 0 Å². The summed E-state index contributed by atoms with van der Waals surface area (Å²) in [7, 11) is 0. The number of nitrogens with two attached hydrogens (primary N) is 1. The Morgan fingerprint density at radius 1 is 1.36 bits per heavy atom. The topological polar surface area (TPSA) is 61.3 Å². The van der Waals surface area contributed by atoms with Crippen molar-refractivity contribution in [2.75, 3.05) is 0 Å². The maximum absolute atomic E-state index is 5.39. The number of furan rings is 1. The van der Waals surface area contributed by atoms with Crippen LogP contribution in [0.15, 0.2) is 41.1 Å². The Hall–Kier alpha value is -1.81. The molecule has 0 aliphatic rings. The van der Waals surface area contributed by atoms with Crippen LogP contribution in [-0.2, 0) is 6.54 Å². The number of pyridine rings is 1. The van der Waals surface area contributed by atoms with Crippen LogP contribution in [0.4, 0.5) is 0 Å². The summed E-state index contributed by atoms with van der Waals surface area (Å²) >= 11 is 0. The van der Waals surface area contributed by atoms with Gasteiger partial charge < -0.3 is 14.9 Å². The van der Waals surface area contributed by atoms with Crippen molar-refractivity contribution in [3.8, 4) is 11.7 Å². The van der Waals surface area contributed by atoms with E-state index in [4.69, 9.17) is 14.9 Å². The molecule has 0 spiro atoms. The summed E-state index contributed by atoms with van der Waals surface area (Å²) in [6.07, 6.45) is 3.30. The van der Waals surface area contributed by atoms with Crippen LogP contribution in [0.5, 0.6) is 11.7 Å². The van der Waals surface area contributed by atoms with Crippen molar-refractivity contribution in [1.29, 1.82) is 0 Å². The number of hydrogen-bond acceptors (Lipinski definition) is 4. The predicted molar refractivity (Wildman–Crippen MR) is 50.9 cm³/mol. The molecule has 0 unspecified atom stereocenters. The molecule has 0 aliphatic carbocycles. The number of rotatable bonds is 3. The highest BCUT2D eigenvalue weighted by Crippen LogP contribution is 2.22. The Morgan fingerprint density at radius 3 is 2.93 bits per heavy atom. The van der Waals surface area contributed by atoms with E-state index in [1.165, 1.54) is 0 Å². The molecule has 2 N–H and O–H groups in total. The molecule has 2 aromatic rings. The van der Waals surface area contributed by atoms with Gasteiger partial charge in [-0.3, -0.25) is 4.98 Å². The first kappa shape index (κ1) is 8.77. The Kier molecular flexibility index (Phi) is 2.46. The summed E-state index contributed by atoms with van der Waals surface area (Å²) in [4.78, 5) is 3.92. The molecule has 0 saturated heterocycles. The summed E-state index contributed by atoms with van der Waals surface area (Å²) in [5, 5.41) is 0. The lowest BCUT2D eigenvalue weighted by molar-refractivity contribution is 0.332. The van der Waals surface area contributed by atoms with Crippen LogP contribution in [0.2, 0.25) is 0 Å². The monoisotopic (exact) mass is 190 g/mol. The Balaban J connectivity index is 2.11. The highest BCUT2D eigenvalue weighted by molar-refractivity contribution is 5.22. The summed E-state index contributed by atoms with van der Waals surface area (Å²) in [5.41, 5.74) is 5.39. The van der Waals surface area contributed by atoms with Crippen LogP contribution in [0.25, 0.3) is 0 Å². The van der Waals surface area contributed by atoms with E-state index in [2.05, 4.69) is 4.98 Å². The molecule has 0 amide bonds. The molecule has 4 heteroatoms. The van der Waals surface area contributed by atoms with Crippen molar-refractivity contribution in [1.82, 2.24) is 4.98 Å². The number of hydrogen-bond donors (Lipinski definition) is 1. The fourth-order valence-corrected chi connectivity index (χ4v) is 1.05. The molecule has 4 nitrogen and oxygen atoms in total. The van der Waals surface area contributed by atoms with Crippen LogP contribution in [0, 0.1) is 0 Å². The molecule has 0 fully saturated rings. The van der Waals surface area contributed by atoms with Gasteiger partial charge >= 0.3 is 0 Å². The molecule has 2 rings (SSSR count). The minimum atomic E-state index is 0.371. The quantitative estimate of drug-likeness (QED) is 0.803. The van der Waals surface area contributed by atoms with Crippen LogP contribution in [0.1, 0.15) is 5.76 Å². The van der Waals surface area contributed by atoms with E-state index in [0.29, 0.717) is 24.0 Å². The van der Waals surface area contributed by atoms with Gasteiger partial charge in [-0.15, -0.1) is 0 Å². The lowest BCUT2D eigenvalue weighted by Crippen LogP contribution is -1.92. The van der Waals surface area contributed by atoms with Gasteiger partial charge in [0, 0.05) is 12.3 Å². The molecule has 0 bridgehead atoms. The highest BCUT2D eigenvalue weighted by atomic mass is 16.6. The smallest absolute Gasteiger partial charge is 0.290 e. The van der Waals surface area contributed by atoms with Crippen molar-refractivity contribution in [2.45, 2.75) is 6.54 Å². The fraction of sp³-hybridized carbons (Fsp3) is 0.100.